The fraction of sp³-hybridized carbons (Fsp3) is 0.125. The predicted octanol–water partition coefficient (Wildman–Crippen LogP) is 6.44. The SMILES string of the molecule is CCCc1ccc(C#Cc2ccc(-c3ccc(N=C=S)cc3)cc2)cc1. The van der Waals surface area contributed by atoms with Gasteiger partial charge in [-0.15, -0.1) is 0 Å². The maximum absolute atomic E-state index is 4.62. The number of aryl methyl sites for hydroxylation is 1. The van der Waals surface area contributed by atoms with Gasteiger partial charge in [0, 0.05) is 11.1 Å². The molecule has 0 aliphatic rings. The van der Waals surface area contributed by atoms with Gasteiger partial charge in [0.25, 0.3) is 0 Å². The topological polar surface area (TPSA) is 12.4 Å². The van der Waals surface area contributed by atoms with Crippen LogP contribution in [-0.2, 0) is 6.42 Å². The van der Waals surface area contributed by atoms with Gasteiger partial charge in [0.05, 0.1) is 10.8 Å². The standard InChI is InChI=1S/C24H19NS/c1-2-3-19-4-6-20(7-5-19)8-9-21-10-12-22(13-11-21)23-14-16-24(17-15-23)25-18-26/h4-7,10-17H,2-3H2,1H3. The Hall–Kier alpha value is -2.98. The zero-order valence-electron chi connectivity index (χ0n) is 14.7. The number of rotatable bonds is 4. The Kier molecular flexibility index (Phi) is 6.12. The molecule has 3 aromatic rings. The normalized spacial score (nSPS) is 9.73. The molecule has 2 heteroatoms. The van der Waals surface area contributed by atoms with Crippen LogP contribution in [0.4, 0.5) is 5.69 Å². The summed E-state index contributed by atoms with van der Waals surface area (Å²) in [6.07, 6.45) is 2.29. The monoisotopic (exact) mass is 353 g/mol. The Morgan fingerprint density at radius 3 is 1.73 bits per heavy atom. The fourth-order valence-corrected chi connectivity index (χ4v) is 2.82. The van der Waals surface area contributed by atoms with Gasteiger partial charge < -0.3 is 0 Å². The van der Waals surface area contributed by atoms with E-state index in [4.69, 9.17) is 0 Å². The number of benzene rings is 3. The zero-order valence-corrected chi connectivity index (χ0v) is 15.5. The van der Waals surface area contributed by atoms with Crippen LogP contribution in [0.25, 0.3) is 11.1 Å². The lowest BCUT2D eigenvalue weighted by Gasteiger charge is -2.02. The van der Waals surface area contributed by atoms with Crippen molar-refractivity contribution in [2.45, 2.75) is 19.8 Å². The van der Waals surface area contributed by atoms with Crippen molar-refractivity contribution in [1.29, 1.82) is 0 Å². The summed E-state index contributed by atoms with van der Waals surface area (Å²) in [6.45, 7) is 2.19. The molecule has 0 amide bonds. The molecule has 126 valence electrons. The van der Waals surface area contributed by atoms with Crippen molar-refractivity contribution in [2.75, 3.05) is 0 Å². The number of thiocarbonyl (C=S) groups is 1. The van der Waals surface area contributed by atoms with E-state index in [1.807, 2.05) is 24.3 Å². The summed E-state index contributed by atoms with van der Waals surface area (Å²) in [5.41, 5.74) is 6.52. The maximum atomic E-state index is 4.62. The van der Waals surface area contributed by atoms with Crippen molar-refractivity contribution in [2.24, 2.45) is 4.99 Å². The molecule has 3 aromatic carbocycles. The van der Waals surface area contributed by atoms with E-state index in [1.165, 1.54) is 12.0 Å². The molecule has 0 aliphatic heterocycles. The van der Waals surface area contributed by atoms with Gasteiger partial charge in [0.2, 0.25) is 0 Å². The summed E-state index contributed by atoms with van der Waals surface area (Å²) in [6, 6.07) is 24.7. The lowest BCUT2D eigenvalue weighted by molar-refractivity contribution is 0.922. The van der Waals surface area contributed by atoms with Crippen molar-refractivity contribution >= 4 is 23.1 Å². The largest absolute Gasteiger partial charge is 0.195 e. The summed E-state index contributed by atoms with van der Waals surface area (Å²) < 4.78 is 0. The van der Waals surface area contributed by atoms with Crippen LogP contribution in [0.1, 0.15) is 30.0 Å². The summed E-state index contributed by atoms with van der Waals surface area (Å²) in [5, 5.41) is 2.38. The summed E-state index contributed by atoms with van der Waals surface area (Å²) in [7, 11) is 0. The van der Waals surface area contributed by atoms with Crippen LogP contribution >= 0.6 is 12.2 Å². The molecule has 0 radical (unpaired) electrons. The molecule has 0 aromatic heterocycles. The van der Waals surface area contributed by atoms with Crippen molar-refractivity contribution in [3.8, 4) is 23.0 Å². The van der Waals surface area contributed by atoms with E-state index < -0.39 is 0 Å². The predicted molar refractivity (Wildman–Crippen MR) is 113 cm³/mol. The molecule has 0 saturated heterocycles. The summed E-state index contributed by atoms with van der Waals surface area (Å²) in [5.74, 6) is 6.46. The van der Waals surface area contributed by atoms with Crippen molar-refractivity contribution in [3.05, 3.63) is 89.5 Å². The summed E-state index contributed by atoms with van der Waals surface area (Å²) in [4.78, 5) is 3.97. The van der Waals surface area contributed by atoms with E-state index >= 15 is 0 Å². The first-order valence-corrected chi connectivity index (χ1v) is 9.08. The third-order valence-electron chi connectivity index (χ3n) is 4.10. The van der Waals surface area contributed by atoms with E-state index in [1.54, 1.807) is 0 Å². The van der Waals surface area contributed by atoms with Crippen LogP contribution in [0.15, 0.2) is 77.8 Å². The van der Waals surface area contributed by atoms with Crippen LogP contribution in [0.5, 0.6) is 0 Å². The third-order valence-corrected chi connectivity index (χ3v) is 4.20. The molecule has 1 nitrogen and oxygen atoms in total. The Labute approximate surface area is 160 Å². The molecular formula is C24H19NS. The molecule has 0 saturated carbocycles. The molecule has 0 fully saturated rings. The Morgan fingerprint density at radius 2 is 1.23 bits per heavy atom. The van der Waals surface area contributed by atoms with Gasteiger partial charge in [-0.2, -0.15) is 4.99 Å². The van der Waals surface area contributed by atoms with Crippen molar-refractivity contribution < 1.29 is 0 Å². The number of isothiocyanates is 1. The van der Waals surface area contributed by atoms with E-state index in [-0.39, 0.29) is 0 Å². The van der Waals surface area contributed by atoms with Gasteiger partial charge >= 0.3 is 0 Å². The maximum Gasteiger partial charge on any atom is 0.0739 e. The molecule has 26 heavy (non-hydrogen) atoms. The average Bonchev–Trinajstić information content (AvgIpc) is 2.69. The molecule has 0 aliphatic carbocycles. The van der Waals surface area contributed by atoms with Crippen LogP contribution in [0, 0.1) is 11.8 Å². The smallest absolute Gasteiger partial charge is 0.0739 e. The Morgan fingerprint density at radius 1 is 0.731 bits per heavy atom. The average molecular weight is 353 g/mol. The van der Waals surface area contributed by atoms with E-state index in [0.717, 1.165) is 34.4 Å². The lowest BCUT2D eigenvalue weighted by Crippen LogP contribution is -1.83. The van der Waals surface area contributed by atoms with Crippen LogP contribution in [0.3, 0.4) is 0 Å². The number of hydrogen-bond acceptors (Lipinski definition) is 2. The first kappa shape index (κ1) is 17.8. The van der Waals surface area contributed by atoms with Crippen molar-refractivity contribution in [1.82, 2.24) is 0 Å². The van der Waals surface area contributed by atoms with E-state index in [9.17, 15) is 0 Å². The second kappa shape index (κ2) is 8.92. The lowest BCUT2D eigenvalue weighted by atomic mass is 10.0. The molecule has 0 bridgehead atoms. The van der Waals surface area contributed by atoms with E-state index in [0.29, 0.717) is 0 Å². The molecule has 0 spiro atoms. The van der Waals surface area contributed by atoms with Gasteiger partial charge in [-0.1, -0.05) is 61.6 Å². The van der Waals surface area contributed by atoms with Gasteiger partial charge in [0.1, 0.15) is 0 Å². The highest BCUT2D eigenvalue weighted by Crippen LogP contribution is 2.22. The van der Waals surface area contributed by atoms with Gasteiger partial charge in [-0.25, -0.2) is 0 Å². The van der Waals surface area contributed by atoms with E-state index in [2.05, 4.69) is 89.7 Å². The van der Waals surface area contributed by atoms with Gasteiger partial charge in [-0.05, 0) is 71.7 Å². The highest BCUT2D eigenvalue weighted by molar-refractivity contribution is 7.78. The zero-order chi connectivity index (χ0) is 18.2. The first-order valence-electron chi connectivity index (χ1n) is 8.68. The molecule has 3 rings (SSSR count). The molecular weight excluding hydrogens is 334 g/mol. The fourth-order valence-electron chi connectivity index (χ4n) is 2.71. The summed E-state index contributed by atoms with van der Waals surface area (Å²) >= 11 is 4.62. The van der Waals surface area contributed by atoms with Gasteiger partial charge in [-0.3, -0.25) is 0 Å². The quantitative estimate of drug-likeness (QED) is 0.299. The molecule has 0 unspecified atom stereocenters. The van der Waals surface area contributed by atoms with Crippen LogP contribution < -0.4 is 0 Å². The third kappa shape index (κ3) is 4.77. The Bertz CT molecular complexity index is 966. The number of hydrogen-bond donors (Lipinski definition) is 0. The minimum Gasteiger partial charge on any atom is -0.195 e. The highest BCUT2D eigenvalue weighted by Gasteiger charge is 1.98. The first-order chi connectivity index (χ1) is 12.8. The van der Waals surface area contributed by atoms with Crippen LogP contribution in [0.2, 0.25) is 0 Å². The minimum atomic E-state index is 0.816. The molecule has 0 N–H and O–H groups in total. The van der Waals surface area contributed by atoms with Gasteiger partial charge in [0.15, 0.2) is 0 Å². The second-order valence-corrected chi connectivity index (χ2v) is 6.21. The molecule has 0 heterocycles. The second-order valence-electron chi connectivity index (χ2n) is 6.02. The number of nitrogens with zero attached hydrogens (tertiary/aromatic N) is 1. The minimum absolute atomic E-state index is 0.816. The number of aliphatic imine (C=N–C) groups is 1. The van der Waals surface area contributed by atoms with Crippen LogP contribution in [-0.4, -0.2) is 5.16 Å². The highest BCUT2D eigenvalue weighted by atomic mass is 32.1. The molecule has 0 atom stereocenters. The Balaban J connectivity index is 1.72. The van der Waals surface area contributed by atoms with Crippen molar-refractivity contribution in [3.63, 3.8) is 0 Å².